The van der Waals surface area contributed by atoms with E-state index >= 15 is 0 Å². The number of aryl methyl sites for hydroxylation is 1. The fraction of sp³-hybridized carbons (Fsp3) is 0.214. The molecule has 0 aliphatic heterocycles. The number of rotatable bonds is 5. The highest BCUT2D eigenvalue weighted by Crippen LogP contribution is 2.09. The summed E-state index contributed by atoms with van der Waals surface area (Å²) in [6, 6.07) is 5.44. The van der Waals surface area contributed by atoms with Crippen LogP contribution in [-0.2, 0) is 13.0 Å². The number of carbonyl (C=O) groups is 2. The molecule has 1 heterocycles. The van der Waals surface area contributed by atoms with Gasteiger partial charge in [0.2, 0.25) is 5.89 Å². The average Bonchev–Trinajstić information content (AvgIpc) is 2.94. The number of hydrogen-bond donors (Lipinski definition) is 3. The second-order valence-corrected chi connectivity index (χ2v) is 4.26. The number of nitrogens with zero attached hydrogens (tertiary/aromatic N) is 1. The summed E-state index contributed by atoms with van der Waals surface area (Å²) in [6.45, 7) is 2.13. The fourth-order valence-corrected chi connectivity index (χ4v) is 1.62. The third-order valence-corrected chi connectivity index (χ3v) is 2.74. The Morgan fingerprint density at radius 2 is 2.00 bits per heavy atom. The Hall–Kier alpha value is -2.83. The van der Waals surface area contributed by atoms with Gasteiger partial charge in [-0.05, 0) is 24.3 Å². The second kappa shape index (κ2) is 6.56. The molecule has 3 N–H and O–H groups in total. The van der Waals surface area contributed by atoms with Crippen LogP contribution in [0.25, 0.3) is 0 Å². The van der Waals surface area contributed by atoms with Gasteiger partial charge in [0.25, 0.3) is 0 Å². The second-order valence-electron chi connectivity index (χ2n) is 4.26. The fourth-order valence-electron chi connectivity index (χ4n) is 1.62. The van der Waals surface area contributed by atoms with Crippen molar-refractivity contribution >= 4 is 17.7 Å². The van der Waals surface area contributed by atoms with Crippen LogP contribution in [0.4, 0.5) is 10.5 Å². The number of aromatic nitrogens is 1. The van der Waals surface area contributed by atoms with E-state index in [1.165, 1.54) is 24.3 Å². The number of aromatic carboxylic acids is 1. The molecule has 1 aromatic heterocycles. The Bertz CT molecular complexity index is 634. The topological polar surface area (TPSA) is 104 Å². The van der Waals surface area contributed by atoms with Crippen molar-refractivity contribution in [3.05, 3.63) is 47.7 Å². The number of carboxylic acids is 1. The molecule has 0 fully saturated rings. The van der Waals surface area contributed by atoms with Crippen molar-refractivity contribution in [1.29, 1.82) is 0 Å². The molecule has 0 aliphatic carbocycles. The van der Waals surface area contributed by atoms with Gasteiger partial charge in [-0.3, -0.25) is 0 Å². The number of urea groups is 1. The van der Waals surface area contributed by atoms with Crippen LogP contribution in [0.15, 0.2) is 34.9 Å². The standard InChI is InChI=1S/C14H15N3O4/c1-2-11-7-15-12(21-11)8-16-14(20)17-10-5-3-9(4-6-10)13(18)19/h3-7H,2,8H2,1H3,(H,18,19)(H2,16,17,20). The molecule has 7 nitrogen and oxygen atoms in total. The molecule has 0 spiro atoms. The Morgan fingerprint density at radius 3 is 2.57 bits per heavy atom. The molecule has 0 saturated heterocycles. The zero-order valence-corrected chi connectivity index (χ0v) is 11.4. The van der Waals surface area contributed by atoms with Crippen LogP contribution in [0.5, 0.6) is 0 Å². The van der Waals surface area contributed by atoms with Crippen molar-refractivity contribution in [3.8, 4) is 0 Å². The van der Waals surface area contributed by atoms with E-state index in [9.17, 15) is 9.59 Å². The molecular formula is C14H15N3O4. The molecule has 0 radical (unpaired) electrons. The molecule has 0 unspecified atom stereocenters. The van der Waals surface area contributed by atoms with E-state index in [0.717, 1.165) is 12.2 Å². The molecule has 21 heavy (non-hydrogen) atoms. The van der Waals surface area contributed by atoms with Gasteiger partial charge in [0.1, 0.15) is 5.76 Å². The minimum absolute atomic E-state index is 0.160. The number of amides is 2. The third kappa shape index (κ3) is 4.07. The van der Waals surface area contributed by atoms with Crippen molar-refractivity contribution in [2.75, 3.05) is 5.32 Å². The molecule has 0 atom stereocenters. The predicted octanol–water partition coefficient (Wildman–Crippen LogP) is 2.26. The first-order chi connectivity index (χ1) is 10.1. The van der Waals surface area contributed by atoms with Crippen LogP contribution in [-0.4, -0.2) is 22.1 Å². The van der Waals surface area contributed by atoms with Crippen molar-refractivity contribution in [3.63, 3.8) is 0 Å². The number of anilines is 1. The Balaban J connectivity index is 1.85. The van der Waals surface area contributed by atoms with E-state index in [-0.39, 0.29) is 12.1 Å². The molecule has 110 valence electrons. The van der Waals surface area contributed by atoms with E-state index in [1.54, 1.807) is 6.20 Å². The Labute approximate surface area is 121 Å². The van der Waals surface area contributed by atoms with Gasteiger partial charge in [0.15, 0.2) is 0 Å². The van der Waals surface area contributed by atoms with Gasteiger partial charge in [-0.15, -0.1) is 0 Å². The number of nitrogens with one attached hydrogen (secondary N) is 2. The molecular weight excluding hydrogens is 274 g/mol. The maximum absolute atomic E-state index is 11.7. The summed E-state index contributed by atoms with van der Waals surface area (Å²) >= 11 is 0. The van der Waals surface area contributed by atoms with Crippen LogP contribution >= 0.6 is 0 Å². The lowest BCUT2D eigenvalue weighted by atomic mass is 10.2. The van der Waals surface area contributed by atoms with Gasteiger partial charge in [0, 0.05) is 12.1 Å². The number of benzene rings is 1. The molecule has 0 saturated carbocycles. The smallest absolute Gasteiger partial charge is 0.335 e. The molecule has 0 bridgehead atoms. The largest absolute Gasteiger partial charge is 0.478 e. The zero-order chi connectivity index (χ0) is 15.2. The first-order valence-corrected chi connectivity index (χ1v) is 6.40. The van der Waals surface area contributed by atoms with Crippen molar-refractivity contribution in [1.82, 2.24) is 10.3 Å². The van der Waals surface area contributed by atoms with Gasteiger partial charge in [-0.1, -0.05) is 6.92 Å². The third-order valence-electron chi connectivity index (χ3n) is 2.74. The number of carbonyl (C=O) groups excluding carboxylic acids is 1. The van der Waals surface area contributed by atoms with Gasteiger partial charge in [-0.25, -0.2) is 14.6 Å². The molecule has 7 heteroatoms. The van der Waals surface area contributed by atoms with E-state index < -0.39 is 12.0 Å². The van der Waals surface area contributed by atoms with E-state index in [1.807, 2.05) is 6.92 Å². The van der Waals surface area contributed by atoms with Crippen LogP contribution in [0, 0.1) is 0 Å². The number of hydrogen-bond acceptors (Lipinski definition) is 4. The highest BCUT2D eigenvalue weighted by Gasteiger charge is 2.07. The molecule has 0 aliphatic rings. The predicted molar refractivity (Wildman–Crippen MR) is 75.1 cm³/mol. The van der Waals surface area contributed by atoms with Gasteiger partial charge in [0.05, 0.1) is 18.3 Å². The quantitative estimate of drug-likeness (QED) is 0.783. The van der Waals surface area contributed by atoms with Gasteiger partial charge < -0.3 is 20.2 Å². The summed E-state index contributed by atoms with van der Waals surface area (Å²) in [6.07, 6.45) is 2.37. The molecule has 2 rings (SSSR count). The van der Waals surface area contributed by atoms with Gasteiger partial charge >= 0.3 is 12.0 Å². The van der Waals surface area contributed by atoms with E-state index in [0.29, 0.717) is 11.6 Å². The molecule has 1 aromatic carbocycles. The molecule has 2 amide bonds. The summed E-state index contributed by atoms with van der Waals surface area (Å²) < 4.78 is 5.36. The molecule has 2 aromatic rings. The Morgan fingerprint density at radius 1 is 1.29 bits per heavy atom. The number of carboxylic acid groups (broad SMARTS) is 1. The van der Waals surface area contributed by atoms with Crippen LogP contribution < -0.4 is 10.6 Å². The minimum Gasteiger partial charge on any atom is -0.478 e. The summed E-state index contributed by atoms with van der Waals surface area (Å²) in [7, 11) is 0. The van der Waals surface area contributed by atoms with Crippen LogP contribution in [0.3, 0.4) is 0 Å². The summed E-state index contributed by atoms with van der Waals surface area (Å²) in [5.41, 5.74) is 0.659. The average molecular weight is 289 g/mol. The first kappa shape index (κ1) is 14.6. The minimum atomic E-state index is -1.01. The van der Waals surface area contributed by atoms with Crippen molar-refractivity contribution in [2.45, 2.75) is 19.9 Å². The summed E-state index contributed by atoms with van der Waals surface area (Å²) in [5, 5.41) is 14.0. The SMILES string of the molecule is CCc1cnc(CNC(=O)Nc2ccc(C(=O)O)cc2)o1. The highest BCUT2D eigenvalue weighted by atomic mass is 16.4. The van der Waals surface area contributed by atoms with Crippen LogP contribution in [0.2, 0.25) is 0 Å². The van der Waals surface area contributed by atoms with E-state index in [2.05, 4.69) is 15.6 Å². The Kier molecular flexibility index (Phi) is 4.55. The zero-order valence-electron chi connectivity index (χ0n) is 11.4. The highest BCUT2D eigenvalue weighted by molar-refractivity contribution is 5.91. The van der Waals surface area contributed by atoms with E-state index in [4.69, 9.17) is 9.52 Å². The monoisotopic (exact) mass is 289 g/mol. The normalized spacial score (nSPS) is 10.1. The maximum Gasteiger partial charge on any atom is 0.335 e. The van der Waals surface area contributed by atoms with Crippen molar-refractivity contribution in [2.24, 2.45) is 0 Å². The lowest BCUT2D eigenvalue weighted by Crippen LogP contribution is -2.28. The van der Waals surface area contributed by atoms with Crippen LogP contribution in [0.1, 0.15) is 28.9 Å². The maximum atomic E-state index is 11.7. The summed E-state index contributed by atoms with van der Waals surface area (Å²) in [5.74, 6) is 0.182. The first-order valence-electron chi connectivity index (χ1n) is 6.40. The lowest BCUT2D eigenvalue weighted by molar-refractivity contribution is 0.0697. The lowest BCUT2D eigenvalue weighted by Gasteiger charge is -2.06. The number of oxazole rings is 1. The van der Waals surface area contributed by atoms with Gasteiger partial charge in [-0.2, -0.15) is 0 Å². The summed E-state index contributed by atoms with van der Waals surface area (Å²) in [4.78, 5) is 26.4. The van der Waals surface area contributed by atoms with Crippen molar-refractivity contribution < 1.29 is 19.1 Å².